The molecule has 0 bridgehead atoms. The van der Waals surface area contributed by atoms with Crippen molar-refractivity contribution in [1.29, 1.82) is 0 Å². The van der Waals surface area contributed by atoms with Crippen LogP contribution >= 0.6 is 0 Å². The van der Waals surface area contributed by atoms with Crippen LogP contribution in [0.2, 0.25) is 0 Å². The molecule has 1 fully saturated rings. The maximum atomic E-state index is 10.9. The van der Waals surface area contributed by atoms with Gasteiger partial charge in [0.1, 0.15) is 0 Å². The summed E-state index contributed by atoms with van der Waals surface area (Å²) in [5.41, 5.74) is 0. The van der Waals surface area contributed by atoms with Crippen LogP contribution in [-0.2, 0) is 4.79 Å². The number of aliphatic hydroxyl groups is 1. The summed E-state index contributed by atoms with van der Waals surface area (Å²) in [4.78, 5) is 12.6. The number of likely N-dealkylation sites (tertiary alicyclic amines) is 1. The zero-order chi connectivity index (χ0) is 7.72. The summed E-state index contributed by atoms with van der Waals surface area (Å²) in [5, 5.41) is 8.90. The molecule has 1 aliphatic rings. The van der Waals surface area contributed by atoms with E-state index < -0.39 is 6.10 Å². The highest BCUT2D eigenvalue weighted by molar-refractivity contribution is 5.84. The van der Waals surface area contributed by atoms with Gasteiger partial charge in [-0.1, -0.05) is 6.92 Å². The van der Waals surface area contributed by atoms with Gasteiger partial charge in [0.2, 0.25) is 5.91 Å². The van der Waals surface area contributed by atoms with Crippen LogP contribution in [-0.4, -0.2) is 35.1 Å². The molecule has 0 spiro atoms. The molecule has 0 aromatic rings. The van der Waals surface area contributed by atoms with Gasteiger partial charge in [0.05, 0.1) is 12.0 Å². The Morgan fingerprint density at radius 3 is 2.80 bits per heavy atom. The molecular formula is C7H13NO2. The molecule has 0 saturated carbocycles. The highest BCUT2D eigenvalue weighted by Gasteiger charge is 2.32. The molecule has 2 atom stereocenters. The number of aliphatic hydroxyl groups excluding tert-OH is 1. The number of hydrogen-bond donors (Lipinski definition) is 1. The molecule has 1 heterocycles. The first-order valence-electron chi connectivity index (χ1n) is 3.58. The van der Waals surface area contributed by atoms with Gasteiger partial charge in [0, 0.05) is 13.1 Å². The van der Waals surface area contributed by atoms with Crippen molar-refractivity contribution in [2.24, 2.45) is 5.92 Å². The van der Waals surface area contributed by atoms with Crippen LogP contribution in [0.4, 0.5) is 0 Å². The van der Waals surface area contributed by atoms with Gasteiger partial charge >= 0.3 is 0 Å². The number of amides is 1. The van der Waals surface area contributed by atoms with Crippen LogP contribution in [0.25, 0.3) is 0 Å². The fourth-order valence-electron chi connectivity index (χ4n) is 1.18. The van der Waals surface area contributed by atoms with Gasteiger partial charge in [-0.2, -0.15) is 0 Å². The van der Waals surface area contributed by atoms with Crippen molar-refractivity contribution in [3.63, 3.8) is 0 Å². The second-order valence-electron chi connectivity index (χ2n) is 2.99. The predicted octanol–water partition coefficient (Wildman–Crippen LogP) is -0.155. The lowest BCUT2D eigenvalue weighted by molar-refractivity contribution is -0.148. The first-order valence-corrected chi connectivity index (χ1v) is 3.58. The Balaban J connectivity index is 2.27. The van der Waals surface area contributed by atoms with Gasteiger partial charge in [-0.15, -0.1) is 0 Å². The fourth-order valence-corrected chi connectivity index (χ4v) is 1.18. The summed E-state index contributed by atoms with van der Waals surface area (Å²) in [6, 6.07) is 0. The van der Waals surface area contributed by atoms with Crippen molar-refractivity contribution >= 4 is 5.91 Å². The van der Waals surface area contributed by atoms with Gasteiger partial charge in [-0.25, -0.2) is 0 Å². The van der Waals surface area contributed by atoms with Gasteiger partial charge < -0.3 is 10.0 Å². The molecule has 1 saturated heterocycles. The molecule has 2 unspecified atom stereocenters. The van der Waals surface area contributed by atoms with Crippen LogP contribution in [0.15, 0.2) is 0 Å². The quantitative estimate of drug-likeness (QED) is 0.546. The summed E-state index contributed by atoms with van der Waals surface area (Å²) >= 11 is 0. The third-order valence-corrected chi connectivity index (χ3v) is 1.71. The monoisotopic (exact) mass is 143 g/mol. The molecular weight excluding hydrogens is 130 g/mol. The van der Waals surface area contributed by atoms with E-state index in [1.807, 2.05) is 6.92 Å². The molecule has 0 aromatic carbocycles. The first-order chi connectivity index (χ1) is 4.61. The molecule has 1 amide bonds. The number of rotatable bonds is 2. The van der Waals surface area contributed by atoms with E-state index in [9.17, 15) is 4.79 Å². The second kappa shape index (κ2) is 2.58. The molecule has 1 rings (SSSR count). The maximum absolute atomic E-state index is 10.9. The van der Waals surface area contributed by atoms with Gasteiger partial charge in [0.25, 0.3) is 0 Å². The minimum absolute atomic E-state index is 0.168. The van der Waals surface area contributed by atoms with E-state index in [-0.39, 0.29) is 11.8 Å². The van der Waals surface area contributed by atoms with E-state index in [1.54, 1.807) is 11.8 Å². The van der Waals surface area contributed by atoms with E-state index in [1.165, 1.54) is 0 Å². The van der Waals surface area contributed by atoms with Gasteiger partial charge in [0.15, 0.2) is 0 Å². The van der Waals surface area contributed by atoms with Gasteiger partial charge in [-0.3, -0.25) is 4.79 Å². The fraction of sp³-hybridized carbons (Fsp3) is 0.857. The Hall–Kier alpha value is -0.570. The Kier molecular flexibility index (Phi) is 1.94. The predicted molar refractivity (Wildman–Crippen MR) is 37.4 cm³/mol. The maximum Gasteiger partial charge on any atom is 0.227 e. The Morgan fingerprint density at radius 1 is 1.90 bits per heavy atom. The highest BCUT2D eigenvalue weighted by Crippen LogP contribution is 2.16. The number of carbonyl (C=O) groups is 1. The van der Waals surface area contributed by atoms with E-state index in [0.717, 1.165) is 6.54 Å². The number of β-amino-alcohol motifs (C(OH)–C–C–N with tert-alkyl or cyclic N) is 1. The number of hydrogen-bond acceptors (Lipinski definition) is 2. The standard InChI is InChI=1S/C7H13NO2/c1-5-3-8(7(5)10)4-6(2)9/h5-6,9H,3-4H2,1-2H3. The van der Waals surface area contributed by atoms with E-state index >= 15 is 0 Å². The van der Waals surface area contributed by atoms with Crippen molar-refractivity contribution in [3.8, 4) is 0 Å². The van der Waals surface area contributed by atoms with Crippen LogP contribution in [0.3, 0.4) is 0 Å². The third kappa shape index (κ3) is 1.29. The van der Waals surface area contributed by atoms with Crippen molar-refractivity contribution in [1.82, 2.24) is 4.90 Å². The molecule has 58 valence electrons. The smallest absolute Gasteiger partial charge is 0.227 e. The zero-order valence-electron chi connectivity index (χ0n) is 6.37. The van der Waals surface area contributed by atoms with Crippen molar-refractivity contribution in [3.05, 3.63) is 0 Å². The first kappa shape index (κ1) is 7.54. The van der Waals surface area contributed by atoms with Gasteiger partial charge in [-0.05, 0) is 6.92 Å². The second-order valence-corrected chi connectivity index (χ2v) is 2.99. The number of carbonyl (C=O) groups excluding carboxylic acids is 1. The largest absolute Gasteiger partial charge is 0.392 e. The average molecular weight is 143 g/mol. The molecule has 0 aromatic heterocycles. The SMILES string of the molecule is CC(O)CN1CC(C)C1=O. The van der Waals surface area contributed by atoms with Crippen molar-refractivity contribution in [2.75, 3.05) is 13.1 Å². The summed E-state index contributed by atoms with van der Waals surface area (Å²) in [6.07, 6.45) is -0.392. The lowest BCUT2D eigenvalue weighted by Crippen LogP contribution is -2.53. The third-order valence-electron chi connectivity index (χ3n) is 1.71. The summed E-state index contributed by atoms with van der Waals surface area (Å²) in [5.74, 6) is 0.347. The molecule has 0 aliphatic carbocycles. The lowest BCUT2D eigenvalue weighted by Gasteiger charge is -2.37. The van der Waals surface area contributed by atoms with Crippen LogP contribution in [0.1, 0.15) is 13.8 Å². The van der Waals surface area contributed by atoms with E-state index in [4.69, 9.17) is 5.11 Å². The summed E-state index contributed by atoms with van der Waals surface area (Å²) in [6.45, 7) is 4.89. The van der Waals surface area contributed by atoms with Crippen LogP contribution < -0.4 is 0 Å². The average Bonchev–Trinajstić information content (AvgIpc) is 1.86. The molecule has 3 heteroatoms. The minimum atomic E-state index is -0.392. The van der Waals surface area contributed by atoms with Crippen LogP contribution in [0.5, 0.6) is 0 Å². The van der Waals surface area contributed by atoms with E-state index in [2.05, 4.69) is 0 Å². The normalized spacial score (nSPS) is 28.1. The molecule has 0 radical (unpaired) electrons. The molecule has 1 N–H and O–H groups in total. The Labute approximate surface area is 60.6 Å². The molecule has 1 aliphatic heterocycles. The lowest BCUT2D eigenvalue weighted by atomic mass is 10.0. The zero-order valence-corrected chi connectivity index (χ0v) is 6.37. The molecule has 3 nitrogen and oxygen atoms in total. The summed E-state index contributed by atoms with van der Waals surface area (Å²) < 4.78 is 0. The summed E-state index contributed by atoms with van der Waals surface area (Å²) in [7, 11) is 0. The van der Waals surface area contributed by atoms with Crippen molar-refractivity contribution in [2.45, 2.75) is 20.0 Å². The van der Waals surface area contributed by atoms with E-state index in [0.29, 0.717) is 6.54 Å². The molecule has 10 heavy (non-hydrogen) atoms. The number of nitrogens with zero attached hydrogens (tertiary/aromatic N) is 1. The minimum Gasteiger partial charge on any atom is -0.392 e. The Morgan fingerprint density at radius 2 is 2.50 bits per heavy atom. The van der Waals surface area contributed by atoms with Crippen LogP contribution in [0, 0.1) is 5.92 Å². The Bertz CT molecular complexity index is 145. The topological polar surface area (TPSA) is 40.5 Å². The van der Waals surface area contributed by atoms with Crippen molar-refractivity contribution < 1.29 is 9.90 Å². The number of β-lactam (4-membered cyclic amide) rings is 1. The highest BCUT2D eigenvalue weighted by atomic mass is 16.3.